The Bertz CT molecular complexity index is 456. The summed E-state index contributed by atoms with van der Waals surface area (Å²) in [6.07, 6.45) is 5.17. The number of hydrogen-bond acceptors (Lipinski definition) is 2. The molecule has 110 valence electrons. The number of anilines is 1. The molecule has 0 spiro atoms. The van der Waals surface area contributed by atoms with Gasteiger partial charge < -0.3 is 10.6 Å². The molecule has 1 saturated carbocycles. The van der Waals surface area contributed by atoms with E-state index in [4.69, 9.17) is 0 Å². The van der Waals surface area contributed by atoms with Gasteiger partial charge in [-0.1, -0.05) is 25.8 Å². The van der Waals surface area contributed by atoms with E-state index in [1.807, 2.05) is 38.1 Å². The maximum Gasteiger partial charge on any atom is 0.251 e. The van der Waals surface area contributed by atoms with Gasteiger partial charge in [0, 0.05) is 23.3 Å². The van der Waals surface area contributed by atoms with Crippen molar-refractivity contribution in [2.75, 3.05) is 5.32 Å². The van der Waals surface area contributed by atoms with E-state index in [-0.39, 0.29) is 11.9 Å². The van der Waals surface area contributed by atoms with Gasteiger partial charge in [-0.3, -0.25) is 4.79 Å². The molecule has 20 heavy (non-hydrogen) atoms. The zero-order chi connectivity index (χ0) is 14.5. The highest BCUT2D eigenvalue weighted by molar-refractivity contribution is 5.95. The van der Waals surface area contributed by atoms with Crippen LogP contribution >= 0.6 is 0 Å². The fraction of sp³-hybridized carbons (Fsp3) is 0.588. The van der Waals surface area contributed by atoms with Crippen LogP contribution in [-0.4, -0.2) is 18.0 Å². The van der Waals surface area contributed by atoms with E-state index in [0.717, 1.165) is 11.3 Å². The number of hydrogen-bond donors (Lipinski definition) is 2. The number of amides is 1. The molecule has 1 fully saturated rings. The van der Waals surface area contributed by atoms with Gasteiger partial charge in [0.2, 0.25) is 0 Å². The normalized spacial score (nSPS) is 22.6. The molecule has 1 aliphatic rings. The summed E-state index contributed by atoms with van der Waals surface area (Å²) in [5.41, 5.74) is 1.78. The van der Waals surface area contributed by atoms with Crippen LogP contribution in [0.4, 0.5) is 5.69 Å². The summed E-state index contributed by atoms with van der Waals surface area (Å²) in [6.45, 7) is 6.26. The molecule has 0 aliphatic heterocycles. The van der Waals surface area contributed by atoms with Crippen molar-refractivity contribution in [3.8, 4) is 0 Å². The quantitative estimate of drug-likeness (QED) is 0.876. The largest absolute Gasteiger partial charge is 0.382 e. The van der Waals surface area contributed by atoms with Crippen molar-refractivity contribution in [2.24, 2.45) is 5.92 Å². The predicted octanol–water partition coefficient (Wildman–Crippen LogP) is 3.82. The minimum Gasteiger partial charge on any atom is -0.382 e. The van der Waals surface area contributed by atoms with Crippen LogP contribution in [0.1, 0.15) is 56.8 Å². The van der Waals surface area contributed by atoms with Crippen molar-refractivity contribution in [2.45, 2.75) is 58.5 Å². The molecule has 0 heterocycles. The van der Waals surface area contributed by atoms with Crippen LogP contribution in [-0.2, 0) is 0 Å². The van der Waals surface area contributed by atoms with Gasteiger partial charge in [0.15, 0.2) is 0 Å². The van der Waals surface area contributed by atoms with Gasteiger partial charge in [-0.05, 0) is 50.8 Å². The number of rotatable bonds is 4. The highest BCUT2D eigenvalue weighted by Crippen LogP contribution is 2.27. The third-order valence-electron chi connectivity index (χ3n) is 4.01. The molecule has 1 aromatic carbocycles. The summed E-state index contributed by atoms with van der Waals surface area (Å²) in [6, 6.07) is 8.52. The monoisotopic (exact) mass is 274 g/mol. The minimum atomic E-state index is 0.000317. The lowest BCUT2D eigenvalue weighted by Crippen LogP contribution is -2.31. The summed E-state index contributed by atoms with van der Waals surface area (Å²) in [4.78, 5) is 12.0. The molecular weight excluding hydrogens is 248 g/mol. The van der Waals surface area contributed by atoms with Crippen molar-refractivity contribution in [3.63, 3.8) is 0 Å². The fourth-order valence-electron chi connectivity index (χ4n) is 2.84. The lowest BCUT2D eigenvalue weighted by atomic mass is 9.86. The van der Waals surface area contributed by atoms with Crippen LogP contribution in [0, 0.1) is 5.92 Å². The van der Waals surface area contributed by atoms with E-state index in [1.54, 1.807) is 0 Å². The predicted molar refractivity (Wildman–Crippen MR) is 84.1 cm³/mol. The third-order valence-corrected chi connectivity index (χ3v) is 4.01. The van der Waals surface area contributed by atoms with Crippen molar-refractivity contribution < 1.29 is 4.79 Å². The molecule has 3 heteroatoms. The van der Waals surface area contributed by atoms with Crippen molar-refractivity contribution in [1.82, 2.24) is 5.32 Å². The van der Waals surface area contributed by atoms with E-state index in [2.05, 4.69) is 17.6 Å². The van der Waals surface area contributed by atoms with Gasteiger partial charge >= 0.3 is 0 Å². The molecule has 1 amide bonds. The molecule has 1 aromatic rings. The van der Waals surface area contributed by atoms with E-state index in [0.29, 0.717) is 12.0 Å². The van der Waals surface area contributed by atoms with Crippen molar-refractivity contribution in [3.05, 3.63) is 29.8 Å². The second-order valence-corrected chi connectivity index (χ2v) is 6.22. The van der Waals surface area contributed by atoms with Gasteiger partial charge in [-0.25, -0.2) is 0 Å². The Morgan fingerprint density at radius 1 is 1.25 bits per heavy atom. The lowest BCUT2D eigenvalue weighted by molar-refractivity contribution is 0.0943. The first-order valence-corrected chi connectivity index (χ1v) is 7.73. The molecule has 2 atom stereocenters. The molecule has 0 radical (unpaired) electrons. The van der Waals surface area contributed by atoms with Gasteiger partial charge in [-0.2, -0.15) is 0 Å². The van der Waals surface area contributed by atoms with Crippen LogP contribution < -0.4 is 10.6 Å². The number of carbonyl (C=O) groups excluding carboxylic acids is 1. The molecule has 0 saturated heterocycles. The van der Waals surface area contributed by atoms with Crippen LogP contribution in [0.2, 0.25) is 0 Å². The second kappa shape index (κ2) is 6.78. The Hall–Kier alpha value is -1.51. The maximum atomic E-state index is 12.0. The number of benzene rings is 1. The summed E-state index contributed by atoms with van der Waals surface area (Å²) in [7, 11) is 0. The second-order valence-electron chi connectivity index (χ2n) is 6.22. The van der Waals surface area contributed by atoms with Crippen LogP contribution in [0.25, 0.3) is 0 Å². The standard InChI is InChI=1S/C17H26N2O/c1-12(2)18-17(20)14-8-6-9-15(11-14)19-16-10-5-4-7-13(16)3/h6,8-9,11-13,16,19H,4-5,7,10H2,1-3H3,(H,18,20). The fourth-order valence-corrected chi connectivity index (χ4v) is 2.84. The number of nitrogens with one attached hydrogen (secondary N) is 2. The average Bonchev–Trinajstić information content (AvgIpc) is 2.41. The molecule has 3 nitrogen and oxygen atoms in total. The van der Waals surface area contributed by atoms with Gasteiger partial charge in [0.05, 0.1) is 0 Å². The highest BCUT2D eigenvalue weighted by Gasteiger charge is 2.21. The first kappa shape index (κ1) is 14.9. The summed E-state index contributed by atoms with van der Waals surface area (Å²) in [5, 5.41) is 6.53. The van der Waals surface area contributed by atoms with Gasteiger partial charge in [-0.15, -0.1) is 0 Å². The third kappa shape index (κ3) is 3.99. The first-order valence-electron chi connectivity index (χ1n) is 7.73. The summed E-state index contributed by atoms with van der Waals surface area (Å²) in [5.74, 6) is 0.706. The van der Waals surface area contributed by atoms with Gasteiger partial charge in [0.25, 0.3) is 5.91 Å². The van der Waals surface area contributed by atoms with Crippen LogP contribution in [0.15, 0.2) is 24.3 Å². The van der Waals surface area contributed by atoms with Crippen LogP contribution in [0.3, 0.4) is 0 Å². The molecule has 2 N–H and O–H groups in total. The minimum absolute atomic E-state index is 0.000317. The lowest BCUT2D eigenvalue weighted by Gasteiger charge is -2.30. The Morgan fingerprint density at radius 3 is 2.70 bits per heavy atom. The number of carbonyl (C=O) groups is 1. The Kier molecular flexibility index (Phi) is 5.05. The van der Waals surface area contributed by atoms with Crippen LogP contribution in [0.5, 0.6) is 0 Å². The highest BCUT2D eigenvalue weighted by atomic mass is 16.1. The zero-order valence-electron chi connectivity index (χ0n) is 12.8. The molecule has 2 rings (SSSR count). The van der Waals surface area contributed by atoms with Crippen molar-refractivity contribution >= 4 is 11.6 Å². The van der Waals surface area contributed by atoms with E-state index in [9.17, 15) is 4.79 Å². The Morgan fingerprint density at radius 2 is 2.00 bits per heavy atom. The maximum absolute atomic E-state index is 12.0. The SMILES string of the molecule is CC(C)NC(=O)c1cccc(NC2CCCCC2C)c1. The van der Waals surface area contributed by atoms with Gasteiger partial charge in [0.1, 0.15) is 0 Å². The van der Waals surface area contributed by atoms with E-state index in [1.165, 1.54) is 25.7 Å². The topological polar surface area (TPSA) is 41.1 Å². The van der Waals surface area contributed by atoms with Crippen molar-refractivity contribution in [1.29, 1.82) is 0 Å². The van der Waals surface area contributed by atoms with E-state index >= 15 is 0 Å². The molecule has 0 bridgehead atoms. The first-order chi connectivity index (χ1) is 9.56. The zero-order valence-corrected chi connectivity index (χ0v) is 12.8. The molecule has 2 unspecified atom stereocenters. The smallest absolute Gasteiger partial charge is 0.251 e. The molecular formula is C17H26N2O. The molecule has 0 aromatic heterocycles. The average molecular weight is 274 g/mol. The summed E-state index contributed by atoms with van der Waals surface area (Å²) < 4.78 is 0. The Balaban J connectivity index is 2.03. The Labute approximate surface area is 122 Å². The van der Waals surface area contributed by atoms with E-state index < -0.39 is 0 Å². The molecule has 1 aliphatic carbocycles. The summed E-state index contributed by atoms with van der Waals surface area (Å²) >= 11 is 0.